The fraction of sp³-hybridized carbons (Fsp3) is 0.0909. The third-order valence-electron chi connectivity index (χ3n) is 4.72. The molecule has 3 aromatic rings. The molecule has 0 atom stereocenters. The Bertz CT molecular complexity index is 1500. The number of carboxylic acids is 2. The zero-order chi connectivity index (χ0) is 26.0. The summed E-state index contributed by atoms with van der Waals surface area (Å²) in [4.78, 5) is 21.4. The van der Waals surface area contributed by atoms with Crippen LogP contribution < -0.4 is 14.8 Å². The van der Waals surface area contributed by atoms with Gasteiger partial charge in [0, 0.05) is 24.7 Å². The molecule has 0 aliphatic rings. The molecule has 0 aliphatic carbocycles. The lowest BCUT2D eigenvalue weighted by atomic mass is 10.1. The van der Waals surface area contributed by atoms with Gasteiger partial charge < -0.3 is 20.3 Å². The number of anilines is 2. The fourth-order valence-electron chi connectivity index (χ4n) is 3.05. The number of carboxylic acid groups (broad SMARTS) is 2. The summed E-state index contributed by atoms with van der Waals surface area (Å²) in [7, 11) is -7.06. The third-order valence-corrected chi connectivity index (χ3v) is 7.27. The average molecular weight is 521 g/mol. The largest absolute Gasteiger partial charge is 0.478 e. The van der Waals surface area contributed by atoms with E-state index in [2.05, 4.69) is 10.0 Å². The summed E-state index contributed by atoms with van der Waals surface area (Å²) in [5.41, 5.74) is -0.832. The number of benzene rings is 3. The van der Waals surface area contributed by atoms with Crippen molar-refractivity contribution in [1.29, 1.82) is 0 Å². The maximum Gasteiger partial charge on any atom is 0.337 e. The normalized spacial score (nSPS) is 11.5. The highest BCUT2D eigenvalue weighted by Crippen LogP contribution is 2.29. The van der Waals surface area contributed by atoms with Crippen LogP contribution in [-0.4, -0.2) is 52.3 Å². The Labute approximate surface area is 201 Å². The summed E-state index contributed by atoms with van der Waals surface area (Å²) in [5, 5.41) is 21.7. The van der Waals surface area contributed by atoms with Crippen LogP contribution in [0.1, 0.15) is 20.7 Å². The Morgan fingerprint density at radius 2 is 1.20 bits per heavy atom. The molecule has 13 heteroatoms. The third kappa shape index (κ3) is 5.88. The van der Waals surface area contributed by atoms with Gasteiger partial charge in [0.1, 0.15) is 16.4 Å². The molecule has 11 nitrogen and oxygen atoms in total. The summed E-state index contributed by atoms with van der Waals surface area (Å²) >= 11 is 0. The van der Waals surface area contributed by atoms with Crippen molar-refractivity contribution in [3.8, 4) is 11.5 Å². The molecule has 0 spiro atoms. The minimum atomic E-state index is -4.63. The molecular weight excluding hydrogens is 500 g/mol. The van der Waals surface area contributed by atoms with Gasteiger partial charge in [-0.3, -0.25) is 4.72 Å². The lowest BCUT2D eigenvalue weighted by Gasteiger charge is -2.14. The van der Waals surface area contributed by atoms with Crippen molar-refractivity contribution in [3.63, 3.8) is 0 Å². The van der Waals surface area contributed by atoms with Crippen molar-refractivity contribution in [2.24, 2.45) is 0 Å². The van der Waals surface area contributed by atoms with E-state index in [1.807, 2.05) is 0 Å². The predicted octanol–water partition coefficient (Wildman–Crippen LogP) is 3.12. The van der Waals surface area contributed by atoms with Gasteiger partial charge in [-0.1, -0.05) is 0 Å². The maximum absolute atomic E-state index is 13.0. The van der Waals surface area contributed by atoms with E-state index in [1.54, 1.807) is 31.3 Å². The Morgan fingerprint density at radius 1 is 0.743 bits per heavy atom. The summed E-state index contributed by atoms with van der Waals surface area (Å²) in [6.45, 7) is 0. The van der Waals surface area contributed by atoms with Gasteiger partial charge in [0.15, 0.2) is 9.84 Å². The average Bonchev–Trinajstić information content (AvgIpc) is 2.79. The van der Waals surface area contributed by atoms with Gasteiger partial charge in [0.25, 0.3) is 10.0 Å². The van der Waals surface area contributed by atoms with Crippen LogP contribution in [-0.2, 0) is 19.9 Å². The first kappa shape index (κ1) is 25.5. The Kier molecular flexibility index (Phi) is 7.03. The van der Waals surface area contributed by atoms with E-state index in [0.717, 1.165) is 5.69 Å². The maximum atomic E-state index is 13.0. The van der Waals surface area contributed by atoms with Crippen LogP contribution >= 0.6 is 0 Å². The molecule has 0 aliphatic heterocycles. The van der Waals surface area contributed by atoms with E-state index < -0.39 is 52.7 Å². The summed E-state index contributed by atoms with van der Waals surface area (Å²) in [5.74, 6) is -2.54. The number of ether oxygens (including phenoxy) is 1. The zero-order valence-electron chi connectivity index (χ0n) is 18.3. The second-order valence-electron chi connectivity index (χ2n) is 7.23. The number of nitrogens with one attached hydrogen (secondary N) is 2. The number of aromatic carboxylic acids is 2. The van der Waals surface area contributed by atoms with Crippen LogP contribution in [0.2, 0.25) is 0 Å². The van der Waals surface area contributed by atoms with Crippen LogP contribution in [0.25, 0.3) is 0 Å². The molecule has 0 saturated heterocycles. The fourth-order valence-corrected chi connectivity index (χ4v) is 5.27. The first-order valence-corrected chi connectivity index (χ1v) is 13.1. The number of hydrogen-bond acceptors (Lipinski definition) is 8. The summed E-state index contributed by atoms with van der Waals surface area (Å²) in [6, 6.07) is 13.8. The molecule has 3 rings (SSSR count). The Morgan fingerprint density at radius 3 is 1.63 bits per heavy atom. The molecule has 0 amide bonds. The van der Waals surface area contributed by atoms with E-state index in [0.29, 0.717) is 29.9 Å². The first-order chi connectivity index (χ1) is 16.3. The topological polar surface area (TPSA) is 176 Å². The van der Waals surface area contributed by atoms with Crippen molar-refractivity contribution < 1.29 is 41.4 Å². The van der Waals surface area contributed by atoms with E-state index in [9.17, 15) is 36.6 Å². The second-order valence-corrected chi connectivity index (χ2v) is 10.9. The first-order valence-electron chi connectivity index (χ1n) is 9.75. The van der Waals surface area contributed by atoms with Gasteiger partial charge in [-0.05, 0) is 60.7 Å². The molecule has 0 saturated carbocycles. The number of sulfonamides is 1. The van der Waals surface area contributed by atoms with E-state index in [4.69, 9.17) is 4.74 Å². The Hall–Kier alpha value is -4.10. The molecular formula is C22H20N2O9S2. The molecule has 184 valence electrons. The van der Waals surface area contributed by atoms with Crippen LogP contribution in [0.4, 0.5) is 11.4 Å². The minimum Gasteiger partial charge on any atom is -0.478 e. The smallest absolute Gasteiger partial charge is 0.337 e. The van der Waals surface area contributed by atoms with Gasteiger partial charge >= 0.3 is 11.9 Å². The quantitative estimate of drug-likeness (QED) is 0.328. The number of sulfone groups is 1. The van der Waals surface area contributed by atoms with Gasteiger partial charge in [0.05, 0.1) is 16.0 Å². The molecule has 0 unspecified atom stereocenters. The number of rotatable bonds is 9. The van der Waals surface area contributed by atoms with Crippen molar-refractivity contribution in [2.45, 2.75) is 9.79 Å². The van der Waals surface area contributed by atoms with E-state index in [-0.39, 0.29) is 5.69 Å². The summed E-state index contributed by atoms with van der Waals surface area (Å²) in [6.07, 6.45) is 0.685. The second kappa shape index (κ2) is 9.64. The molecule has 3 aromatic carbocycles. The van der Waals surface area contributed by atoms with Gasteiger partial charge in [0.2, 0.25) is 0 Å². The van der Waals surface area contributed by atoms with Crippen molar-refractivity contribution in [2.75, 3.05) is 23.3 Å². The highest BCUT2D eigenvalue weighted by Gasteiger charge is 2.29. The SMILES string of the molecule is CNc1ccc(Oc2ccc(NS(=O)(=O)c3cc(S(C)(=O)=O)c(C(=O)O)cc3C(=O)O)cc2)cc1. The van der Waals surface area contributed by atoms with Crippen LogP contribution in [0.5, 0.6) is 11.5 Å². The molecule has 35 heavy (non-hydrogen) atoms. The van der Waals surface area contributed by atoms with Crippen molar-refractivity contribution in [1.82, 2.24) is 0 Å². The molecule has 0 aromatic heterocycles. The van der Waals surface area contributed by atoms with Crippen LogP contribution in [0.15, 0.2) is 70.5 Å². The lowest BCUT2D eigenvalue weighted by Crippen LogP contribution is -2.20. The van der Waals surface area contributed by atoms with Crippen molar-refractivity contribution in [3.05, 3.63) is 71.8 Å². The van der Waals surface area contributed by atoms with Crippen LogP contribution in [0, 0.1) is 0 Å². The lowest BCUT2D eigenvalue weighted by molar-refractivity contribution is 0.0692. The minimum absolute atomic E-state index is 0.0300. The number of hydrogen-bond donors (Lipinski definition) is 4. The highest BCUT2D eigenvalue weighted by atomic mass is 32.2. The zero-order valence-corrected chi connectivity index (χ0v) is 20.0. The molecule has 0 heterocycles. The van der Waals surface area contributed by atoms with Gasteiger partial charge in [-0.25, -0.2) is 26.4 Å². The molecule has 4 N–H and O–H groups in total. The van der Waals surface area contributed by atoms with E-state index in [1.165, 1.54) is 24.3 Å². The standard InChI is InChI=1S/C22H20N2O9S2/c1-23-13-3-7-15(8-4-13)33-16-9-5-14(6-10-16)24-35(31,32)20-12-19(34(2,29)30)17(21(25)26)11-18(20)22(27)28/h3-12,23-24H,1-2H3,(H,25,26)(H,27,28). The van der Waals surface area contributed by atoms with E-state index >= 15 is 0 Å². The summed E-state index contributed by atoms with van der Waals surface area (Å²) < 4.78 is 57.9. The van der Waals surface area contributed by atoms with Gasteiger partial charge in [-0.2, -0.15) is 0 Å². The molecule has 0 fully saturated rings. The molecule has 0 bridgehead atoms. The van der Waals surface area contributed by atoms with Crippen molar-refractivity contribution >= 4 is 43.2 Å². The van der Waals surface area contributed by atoms with Crippen LogP contribution in [0.3, 0.4) is 0 Å². The highest BCUT2D eigenvalue weighted by molar-refractivity contribution is 7.93. The Balaban J connectivity index is 1.94. The predicted molar refractivity (Wildman–Crippen MR) is 127 cm³/mol. The monoisotopic (exact) mass is 520 g/mol. The number of carbonyl (C=O) groups is 2. The van der Waals surface area contributed by atoms with Gasteiger partial charge in [-0.15, -0.1) is 0 Å². The molecule has 0 radical (unpaired) electrons.